The summed E-state index contributed by atoms with van der Waals surface area (Å²) in [5.41, 5.74) is 0. The Hall–Kier alpha value is -1.40. The van der Waals surface area contributed by atoms with Gasteiger partial charge in [0, 0.05) is 12.8 Å². The van der Waals surface area contributed by atoms with Crippen LogP contribution in [0.5, 0.6) is 0 Å². The molecule has 7 heteroatoms. The number of rotatable bonds is 4. The maximum Gasteiger partial charge on any atom is 0.322 e. The number of carbonyl (C=O) groups excluding carboxylic acids is 1. The van der Waals surface area contributed by atoms with E-state index in [4.69, 9.17) is 11.6 Å². The highest BCUT2D eigenvalue weighted by molar-refractivity contribution is 7.93. The fraction of sp³-hybridized carbons (Fsp3) is 0.429. The third kappa shape index (κ3) is 3.27. The van der Waals surface area contributed by atoms with Crippen LogP contribution >= 0.6 is 11.6 Å². The highest BCUT2D eigenvalue weighted by Crippen LogP contribution is 2.33. The number of sulfone groups is 1. The molecule has 0 bridgehead atoms. The van der Waals surface area contributed by atoms with E-state index < -0.39 is 27.0 Å². The minimum Gasteiger partial charge on any atom is -0.480 e. The summed E-state index contributed by atoms with van der Waals surface area (Å²) < 4.78 is 25.2. The first-order valence-electron chi connectivity index (χ1n) is 6.57. The van der Waals surface area contributed by atoms with Crippen LogP contribution in [-0.2, 0) is 19.4 Å². The van der Waals surface area contributed by atoms with E-state index >= 15 is 0 Å². The summed E-state index contributed by atoms with van der Waals surface area (Å²) in [6, 6.07) is 5.75. The topological polar surface area (TPSA) is 88.5 Å². The van der Waals surface area contributed by atoms with Gasteiger partial charge in [-0.3, -0.25) is 9.59 Å². The monoisotopic (exact) mass is 330 g/mol. The predicted octanol–water partition coefficient (Wildman–Crippen LogP) is 2.33. The number of aliphatic carboxylic acids is 1. The van der Waals surface area contributed by atoms with E-state index in [-0.39, 0.29) is 22.1 Å². The zero-order chi connectivity index (χ0) is 15.6. The van der Waals surface area contributed by atoms with Gasteiger partial charge in [-0.05, 0) is 30.9 Å². The number of carbonyl (C=O) groups is 2. The van der Waals surface area contributed by atoms with Crippen molar-refractivity contribution < 1.29 is 23.1 Å². The molecule has 1 aliphatic carbocycles. The lowest BCUT2D eigenvalue weighted by Crippen LogP contribution is -2.40. The summed E-state index contributed by atoms with van der Waals surface area (Å²) in [6.45, 7) is 0. The Morgan fingerprint density at radius 3 is 2.57 bits per heavy atom. The average molecular weight is 331 g/mol. The van der Waals surface area contributed by atoms with Crippen molar-refractivity contribution in [2.24, 2.45) is 5.92 Å². The highest BCUT2D eigenvalue weighted by Gasteiger charge is 2.43. The van der Waals surface area contributed by atoms with Crippen molar-refractivity contribution in [3.05, 3.63) is 29.3 Å². The Labute approximate surface area is 127 Å². The van der Waals surface area contributed by atoms with Crippen molar-refractivity contribution in [1.82, 2.24) is 0 Å². The molecule has 0 aromatic heterocycles. The van der Waals surface area contributed by atoms with Crippen LogP contribution in [-0.4, -0.2) is 30.5 Å². The molecule has 1 aromatic rings. The lowest BCUT2D eigenvalue weighted by atomic mass is 9.86. The average Bonchev–Trinajstić information content (AvgIpc) is 2.38. The van der Waals surface area contributed by atoms with Gasteiger partial charge in [-0.15, -0.1) is 0 Å². The maximum atomic E-state index is 12.6. The van der Waals surface area contributed by atoms with Gasteiger partial charge in [0.05, 0.1) is 9.92 Å². The summed E-state index contributed by atoms with van der Waals surface area (Å²) in [5, 5.41) is 7.72. The van der Waals surface area contributed by atoms with Crippen molar-refractivity contribution in [3.8, 4) is 0 Å². The number of carboxylic acids is 1. The molecule has 2 unspecified atom stereocenters. The summed E-state index contributed by atoms with van der Waals surface area (Å²) in [5.74, 6) is -2.23. The summed E-state index contributed by atoms with van der Waals surface area (Å²) in [4.78, 5) is 22.8. The maximum absolute atomic E-state index is 12.6. The van der Waals surface area contributed by atoms with E-state index in [0.717, 1.165) is 0 Å². The molecule has 0 saturated heterocycles. The molecule has 114 valence electrons. The molecule has 2 atom stereocenters. The molecule has 1 aliphatic rings. The lowest BCUT2D eigenvalue weighted by Gasteiger charge is -2.26. The largest absolute Gasteiger partial charge is 0.480 e. The summed E-state index contributed by atoms with van der Waals surface area (Å²) >= 11 is 5.89. The molecule has 0 spiro atoms. The molecular weight excluding hydrogens is 316 g/mol. The van der Waals surface area contributed by atoms with Crippen molar-refractivity contribution in [3.63, 3.8) is 0 Å². The van der Waals surface area contributed by atoms with Crippen LogP contribution in [0.25, 0.3) is 0 Å². The number of Topliss-reactive ketones (excluding diaryl/α,β-unsaturated/α-hetero) is 1. The van der Waals surface area contributed by atoms with Gasteiger partial charge in [0.15, 0.2) is 15.1 Å². The number of benzene rings is 1. The second-order valence-corrected chi connectivity index (χ2v) is 7.57. The predicted molar refractivity (Wildman–Crippen MR) is 77.0 cm³/mol. The Kier molecular flexibility index (Phi) is 4.68. The smallest absolute Gasteiger partial charge is 0.322 e. The van der Waals surface area contributed by atoms with Gasteiger partial charge in [-0.25, -0.2) is 8.42 Å². The Balaban J connectivity index is 2.44. The standard InChI is InChI=1S/C14H15ClO5S/c15-11-6-1-2-7-12(11)21(19,20)13(14(17)18)9-4-3-5-10(16)8-9/h1-2,6-7,9,13H,3-5,8H2,(H,17,18). The fourth-order valence-electron chi connectivity index (χ4n) is 2.72. The molecule has 1 aromatic carbocycles. The minimum absolute atomic E-state index is 0.00844. The van der Waals surface area contributed by atoms with Crippen LogP contribution < -0.4 is 0 Å². The van der Waals surface area contributed by atoms with Gasteiger partial charge < -0.3 is 5.11 Å². The quantitative estimate of drug-likeness (QED) is 0.915. The molecule has 0 radical (unpaired) electrons. The number of hydrogen-bond donors (Lipinski definition) is 1. The Morgan fingerprint density at radius 2 is 2.00 bits per heavy atom. The van der Waals surface area contributed by atoms with Gasteiger partial charge in [-0.1, -0.05) is 23.7 Å². The van der Waals surface area contributed by atoms with Crippen molar-refractivity contribution in [1.29, 1.82) is 0 Å². The molecule has 1 saturated carbocycles. The van der Waals surface area contributed by atoms with Gasteiger partial charge in [0.25, 0.3) is 0 Å². The second-order valence-electron chi connectivity index (χ2n) is 5.13. The molecule has 5 nitrogen and oxygen atoms in total. The molecular formula is C14H15ClO5S. The first-order chi connectivity index (χ1) is 9.84. The fourth-order valence-corrected chi connectivity index (χ4v) is 5.06. The van der Waals surface area contributed by atoms with Crippen LogP contribution in [0.2, 0.25) is 5.02 Å². The number of halogens is 1. The Bertz CT molecular complexity index is 668. The third-order valence-electron chi connectivity index (χ3n) is 3.67. The van der Waals surface area contributed by atoms with Gasteiger partial charge in [0.1, 0.15) is 5.78 Å². The molecule has 0 aliphatic heterocycles. The summed E-state index contributed by atoms with van der Waals surface area (Å²) in [6.07, 6.45) is 1.30. The minimum atomic E-state index is -4.14. The number of ketones is 1. The zero-order valence-corrected chi connectivity index (χ0v) is 12.7. The molecule has 0 amide bonds. The van der Waals surface area contributed by atoms with E-state index in [0.29, 0.717) is 19.3 Å². The van der Waals surface area contributed by atoms with Crippen molar-refractivity contribution >= 4 is 33.2 Å². The van der Waals surface area contributed by atoms with Crippen molar-refractivity contribution in [2.75, 3.05) is 0 Å². The van der Waals surface area contributed by atoms with E-state index in [9.17, 15) is 23.1 Å². The highest BCUT2D eigenvalue weighted by atomic mass is 35.5. The van der Waals surface area contributed by atoms with Crippen LogP contribution in [0.3, 0.4) is 0 Å². The molecule has 1 fully saturated rings. The zero-order valence-electron chi connectivity index (χ0n) is 11.2. The van der Waals surface area contributed by atoms with E-state index in [1.807, 2.05) is 0 Å². The molecule has 0 heterocycles. The van der Waals surface area contributed by atoms with Crippen LogP contribution in [0.15, 0.2) is 29.2 Å². The first-order valence-corrected chi connectivity index (χ1v) is 8.49. The third-order valence-corrected chi connectivity index (χ3v) is 6.34. The molecule has 1 N–H and O–H groups in total. The van der Waals surface area contributed by atoms with Crippen molar-refractivity contribution in [2.45, 2.75) is 35.8 Å². The lowest BCUT2D eigenvalue weighted by molar-refractivity contribution is -0.138. The molecule has 2 rings (SSSR count). The van der Waals surface area contributed by atoms with Gasteiger partial charge in [-0.2, -0.15) is 0 Å². The molecule has 21 heavy (non-hydrogen) atoms. The summed E-state index contributed by atoms with van der Waals surface area (Å²) in [7, 11) is -4.14. The number of carboxylic acid groups (broad SMARTS) is 1. The normalized spacial score (nSPS) is 21.0. The van der Waals surface area contributed by atoms with E-state index in [2.05, 4.69) is 0 Å². The first kappa shape index (κ1) is 16.0. The Morgan fingerprint density at radius 1 is 1.33 bits per heavy atom. The van der Waals surface area contributed by atoms with Gasteiger partial charge >= 0.3 is 5.97 Å². The second kappa shape index (κ2) is 6.15. The van der Waals surface area contributed by atoms with E-state index in [1.165, 1.54) is 18.2 Å². The van der Waals surface area contributed by atoms with Crippen LogP contribution in [0, 0.1) is 5.92 Å². The van der Waals surface area contributed by atoms with Crippen LogP contribution in [0.4, 0.5) is 0 Å². The SMILES string of the molecule is O=C1CCCC(C(C(=O)O)S(=O)(=O)c2ccccc2Cl)C1. The number of hydrogen-bond acceptors (Lipinski definition) is 4. The van der Waals surface area contributed by atoms with Gasteiger partial charge in [0.2, 0.25) is 0 Å². The van der Waals surface area contributed by atoms with Crippen LogP contribution in [0.1, 0.15) is 25.7 Å². The van der Waals surface area contributed by atoms with E-state index in [1.54, 1.807) is 6.07 Å².